The molecule has 0 saturated carbocycles. The van der Waals surface area contributed by atoms with Gasteiger partial charge in [0.1, 0.15) is 0 Å². The van der Waals surface area contributed by atoms with Crippen molar-refractivity contribution in [3.63, 3.8) is 0 Å². The Bertz CT molecular complexity index is 1790. The van der Waals surface area contributed by atoms with Crippen molar-refractivity contribution in [1.29, 1.82) is 0 Å². The molecule has 0 aromatic heterocycles. The minimum Gasteiger partial charge on any atom is -0.395 e. The van der Waals surface area contributed by atoms with Crippen LogP contribution in [0.4, 0.5) is 21.2 Å². The summed E-state index contributed by atoms with van der Waals surface area (Å²) in [5.41, 5.74) is 0.227. The summed E-state index contributed by atoms with van der Waals surface area (Å²) in [6.07, 6.45) is 0.993. The third kappa shape index (κ3) is 6.57. The standard InChI is InChI=1S/C37H43FN4O7Si/c1-25-35(50(2,3)38)32(22-34(45)39(18-19-43)23-26-10-5-4-6-11-26)49-37(25)30-21-29(42(47)48)15-16-31(30)41(36(37)46)24-27-12-9-13-28(20-27)40-17-8-7-14-33(40)44/h4-6,9-13,15-16,20-21,25,32,35,43H,7-8,14,17-19,22-24H2,1-3H3/t25-,32+,35-,37+/m0/s1. The minimum absolute atomic E-state index is 0.0430. The Balaban J connectivity index is 1.36. The van der Waals surface area contributed by atoms with Gasteiger partial charge in [0.05, 0.1) is 36.3 Å². The maximum atomic E-state index is 16.4. The number of ether oxygens (including phenoxy) is 1. The highest BCUT2D eigenvalue weighted by atomic mass is 28.4. The molecule has 4 atom stereocenters. The van der Waals surface area contributed by atoms with Gasteiger partial charge in [-0.2, -0.15) is 0 Å². The van der Waals surface area contributed by atoms with Gasteiger partial charge in [0.25, 0.3) is 11.6 Å². The number of non-ortho nitro benzene ring substituents is 1. The average molecular weight is 703 g/mol. The van der Waals surface area contributed by atoms with E-state index in [-0.39, 0.29) is 55.7 Å². The number of aliphatic hydroxyl groups excluding tert-OH is 1. The molecule has 3 amide bonds. The van der Waals surface area contributed by atoms with Crippen molar-refractivity contribution in [2.75, 3.05) is 29.5 Å². The number of aliphatic hydroxyl groups is 1. The third-order valence-corrected chi connectivity index (χ3v) is 12.8. The van der Waals surface area contributed by atoms with Gasteiger partial charge in [-0.3, -0.25) is 24.5 Å². The molecule has 0 unspecified atom stereocenters. The third-order valence-electron chi connectivity index (χ3n) is 10.4. The van der Waals surface area contributed by atoms with Crippen LogP contribution in [0.3, 0.4) is 0 Å². The predicted molar refractivity (Wildman–Crippen MR) is 189 cm³/mol. The Labute approximate surface area is 292 Å². The fraction of sp³-hybridized carbons (Fsp3) is 0.432. The maximum Gasteiger partial charge on any atom is 0.269 e. The lowest BCUT2D eigenvalue weighted by molar-refractivity contribution is -0.385. The molecule has 0 radical (unpaired) electrons. The summed E-state index contributed by atoms with van der Waals surface area (Å²) in [5.74, 6) is -1.55. The maximum absolute atomic E-state index is 16.4. The summed E-state index contributed by atoms with van der Waals surface area (Å²) < 4.78 is 23.1. The fourth-order valence-electron chi connectivity index (χ4n) is 8.11. The van der Waals surface area contributed by atoms with Crippen molar-refractivity contribution in [3.05, 3.63) is 99.6 Å². The molecule has 1 spiro atoms. The highest BCUT2D eigenvalue weighted by molar-refractivity contribution is 6.72. The van der Waals surface area contributed by atoms with Gasteiger partial charge in [-0.15, -0.1) is 0 Å². The number of hydrogen-bond acceptors (Lipinski definition) is 7. The second-order valence-corrected chi connectivity index (χ2v) is 17.8. The normalized spacial score (nSPS) is 23.4. The van der Waals surface area contributed by atoms with Crippen LogP contribution in [-0.4, -0.2) is 66.9 Å². The zero-order valence-corrected chi connectivity index (χ0v) is 29.6. The largest absolute Gasteiger partial charge is 0.395 e. The topological polar surface area (TPSA) is 134 Å². The van der Waals surface area contributed by atoms with Gasteiger partial charge in [0.2, 0.25) is 20.2 Å². The van der Waals surface area contributed by atoms with Gasteiger partial charge >= 0.3 is 0 Å². The van der Waals surface area contributed by atoms with Crippen molar-refractivity contribution >= 4 is 43.2 Å². The number of benzene rings is 3. The van der Waals surface area contributed by atoms with Gasteiger partial charge in [0, 0.05) is 60.9 Å². The molecule has 3 aromatic rings. The Hall–Kier alpha value is -4.46. The van der Waals surface area contributed by atoms with Crippen LogP contribution >= 0.6 is 0 Å². The lowest BCUT2D eigenvalue weighted by atomic mass is 9.82. The van der Waals surface area contributed by atoms with Crippen LogP contribution in [0.25, 0.3) is 0 Å². The Morgan fingerprint density at radius 3 is 2.50 bits per heavy atom. The number of piperidine rings is 1. The van der Waals surface area contributed by atoms with E-state index in [9.17, 15) is 29.6 Å². The lowest BCUT2D eigenvalue weighted by Gasteiger charge is -2.31. The van der Waals surface area contributed by atoms with Crippen LogP contribution in [-0.2, 0) is 37.8 Å². The highest BCUT2D eigenvalue weighted by Gasteiger charge is 2.67. The highest BCUT2D eigenvalue weighted by Crippen LogP contribution is 2.60. The van der Waals surface area contributed by atoms with Crippen LogP contribution in [0.5, 0.6) is 0 Å². The number of amides is 3. The zero-order valence-electron chi connectivity index (χ0n) is 28.6. The Morgan fingerprint density at radius 1 is 1.08 bits per heavy atom. The molecule has 1 N–H and O–H groups in total. The number of halogens is 1. The minimum atomic E-state index is -3.64. The summed E-state index contributed by atoms with van der Waals surface area (Å²) in [7, 11) is -3.64. The van der Waals surface area contributed by atoms with Crippen molar-refractivity contribution in [2.45, 2.75) is 76.0 Å². The molecule has 3 aliphatic rings. The molecule has 2 saturated heterocycles. The number of carbonyl (C=O) groups is 3. The molecule has 50 heavy (non-hydrogen) atoms. The molecule has 11 nitrogen and oxygen atoms in total. The number of carbonyl (C=O) groups excluding carboxylic acids is 3. The first kappa shape index (κ1) is 35.4. The van der Waals surface area contributed by atoms with E-state index in [1.807, 2.05) is 54.6 Å². The van der Waals surface area contributed by atoms with Gasteiger partial charge in [-0.1, -0.05) is 49.4 Å². The van der Waals surface area contributed by atoms with Gasteiger partial charge in [0.15, 0.2) is 5.60 Å². The van der Waals surface area contributed by atoms with E-state index in [0.717, 1.165) is 29.7 Å². The van der Waals surface area contributed by atoms with Gasteiger partial charge < -0.3 is 28.7 Å². The summed E-state index contributed by atoms with van der Waals surface area (Å²) in [6, 6.07) is 20.9. The van der Waals surface area contributed by atoms with E-state index in [2.05, 4.69) is 0 Å². The summed E-state index contributed by atoms with van der Waals surface area (Å²) in [4.78, 5) is 57.6. The molecule has 3 aromatic carbocycles. The number of nitrogens with zero attached hydrogens (tertiary/aromatic N) is 4. The van der Waals surface area contributed by atoms with E-state index in [0.29, 0.717) is 18.7 Å². The van der Waals surface area contributed by atoms with Crippen molar-refractivity contribution < 1.29 is 33.3 Å². The van der Waals surface area contributed by atoms with Crippen molar-refractivity contribution in [1.82, 2.24) is 4.90 Å². The van der Waals surface area contributed by atoms with E-state index < -0.39 is 42.4 Å². The predicted octanol–water partition coefficient (Wildman–Crippen LogP) is 5.84. The molecule has 2 fully saturated rings. The van der Waals surface area contributed by atoms with Crippen LogP contribution < -0.4 is 9.80 Å². The first-order valence-corrected chi connectivity index (χ1v) is 20.1. The van der Waals surface area contributed by atoms with Crippen LogP contribution in [0.1, 0.15) is 49.3 Å². The molecule has 0 bridgehead atoms. The Morgan fingerprint density at radius 2 is 1.82 bits per heavy atom. The van der Waals surface area contributed by atoms with E-state index in [1.165, 1.54) is 41.1 Å². The van der Waals surface area contributed by atoms with Crippen LogP contribution in [0.2, 0.25) is 18.6 Å². The number of fused-ring (bicyclic) bond motifs is 2. The van der Waals surface area contributed by atoms with Crippen molar-refractivity contribution in [3.8, 4) is 0 Å². The number of nitro groups is 1. The molecule has 3 aliphatic heterocycles. The average Bonchev–Trinajstić information content (AvgIpc) is 3.51. The second kappa shape index (κ2) is 14.0. The fourth-order valence-corrected chi connectivity index (χ4v) is 10.6. The number of hydrogen-bond donors (Lipinski definition) is 1. The SMILES string of the molecule is C[C@H]1[C@H]([Si](C)(C)F)[C@@H](CC(=O)N(CCO)Cc2ccccc2)O[C@]12C(=O)N(Cc1cccc(N3CCCCC3=O)c1)c1ccc([N+](=O)[O-])cc12. The summed E-state index contributed by atoms with van der Waals surface area (Å²) in [5, 5.41) is 21.8. The Kier molecular flexibility index (Phi) is 9.93. The summed E-state index contributed by atoms with van der Waals surface area (Å²) >= 11 is 0. The van der Waals surface area contributed by atoms with Gasteiger partial charge in [-0.05, 0) is 55.3 Å². The molecule has 3 heterocycles. The molecule has 264 valence electrons. The molecule has 13 heteroatoms. The quantitative estimate of drug-likeness (QED) is 0.115. The number of anilines is 2. The lowest BCUT2D eigenvalue weighted by Crippen LogP contribution is -2.45. The first-order chi connectivity index (χ1) is 23.8. The zero-order chi connectivity index (χ0) is 35.8. The molecule has 0 aliphatic carbocycles. The first-order valence-electron chi connectivity index (χ1n) is 17.1. The van der Waals surface area contributed by atoms with Crippen LogP contribution in [0, 0.1) is 16.0 Å². The molecular weight excluding hydrogens is 660 g/mol. The van der Waals surface area contributed by atoms with Crippen LogP contribution in [0.15, 0.2) is 72.8 Å². The second-order valence-electron chi connectivity index (χ2n) is 14.0. The molecular formula is C37H43FN4O7Si. The van der Waals surface area contributed by atoms with Gasteiger partial charge in [-0.25, -0.2) is 0 Å². The van der Waals surface area contributed by atoms with E-state index in [4.69, 9.17) is 4.74 Å². The molecule has 6 rings (SSSR count). The number of nitro benzene ring substituents is 1. The van der Waals surface area contributed by atoms with E-state index in [1.54, 1.807) is 11.8 Å². The van der Waals surface area contributed by atoms with E-state index >= 15 is 4.11 Å². The monoisotopic (exact) mass is 702 g/mol. The van der Waals surface area contributed by atoms with Crippen molar-refractivity contribution in [2.24, 2.45) is 5.92 Å². The smallest absolute Gasteiger partial charge is 0.269 e. The summed E-state index contributed by atoms with van der Waals surface area (Å²) in [6.45, 7) is 5.52. The number of rotatable bonds is 11.